The summed E-state index contributed by atoms with van der Waals surface area (Å²) >= 11 is 0. The van der Waals surface area contributed by atoms with Gasteiger partial charge in [-0.25, -0.2) is 4.79 Å². The van der Waals surface area contributed by atoms with Gasteiger partial charge in [0.25, 0.3) is 0 Å². The van der Waals surface area contributed by atoms with E-state index in [4.69, 9.17) is 4.74 Å². The Balaban J connectivity index is 2.85. The van der Waals surface area contributed by atoms with E-state index in [-0.39, 0.29) is 23.8 Å². The Kier molecular flexibility index (Phi) is 4.96. The number of likely N-dealkylation sites (tertiary alicyclic amines) is 1. The molecule has 0 aliphatic carbocycles. The largest absolute Gasteiger partial charge is 0.458 e. The summed E-state index contributed by atoms with van der Waals surface area (Å²) in [5, 5.41) is 2.98. The quantitative estimate of drug-likeness (QED) is 0.779. The predicted molar refractivity (Wildman–Crippen MR) is 73.6 cm³/mol. The van der Waals surface area contributed by atoms with Crippen molar-refractivity contribution in [2.24, 2.45) is 5.92 Å². The summed E-state index contributed by atoms with van der Waals surface area (Å²) in [6, 6.07) is -0.672. The van der Waals surface area contributed by atoms with E-state index in [1.54, 1.807) is 11.9 Å². The minimum absolute atomic E-state index is 0.00735. The number of nitrogens with one attached hydrogen (secondary N) is 1. The number of carbonyl (C=O) groups excluding carboxylic acids is 2. The monoisotopic (exact) mass is 270 g/mol. The Morgan fingerprint density at radius 1 is 1.42 bits per heavy atom. The van der Waals surface area contributed by atoms with Crippen LogP contribution in [0.3, 0.4) is 0 Å². The second-order valence-electron chi connectivity index (χ2n) is 6.38. The first kappa shape index (κ1) is 16.0. The van der Waals surface area contributed by atoms with Crippen molar-refractivity contribution < 1.29 is 14.3 Å². The maximum atomic E-state index is 12.3. The molecule has 0 saturated carbocycles. The van der Waals surface area contributed by atoms with E-state index in [0.29, 0.717) is 6.54 Å². The molecule has 1 amide bonds. The van der Waals surface area contributed by atoms with Crippen LogP contribution in [0.25, 0.3) is 0 Å². The zero-order valence-corrected chi connectivity index (χ0v) is 12.8. The van der Waals surface area contributed by atoms with E-state index in [1.807, 2.05) is 34.6 Å². The summed E-state index contributed by atoms with van der Waals surface area (Å²) < 4.78 is 5.44. The first-order chi connectivity index (χ1) is 8.67. The summed E-state index contributed by atoms with van der Waals surface area (Å²) in [4.78, 5) is 26.2. The zero-order valence-electron chi connectivity index (χ0n) is 12.8. The average molecular weight is 270 g/mol. The van der Waals surface area contributed by atoms with E-state index in [9.17, 15) is 9.59 Å². The number of carbonyl (C=O) groups is 2. The molecular weight excluding hydrogens is 244 g/mol. The highest BCUT2D eigenvalue weighted by Gasteiger charge is 2.41. The molecule has 1 N–H and O–H groups in total. The van der Waals surface area contributed by atoms with Gasteiger partial charge in [-0.2, -0.15) is 0 Å². The number of hydrogen-bond acceptors (Lipinski definition) is 4. The summed E-state index contributed by atoms with van der Waals surface area (Å²) in [6.45, 7) is 10.00. The van der Waals surface area contributed by atoms with Gasteiger partial charge in [-0.15, -0.1) is 0 Å². The SMILES string of the molecule is CN[C@@H]1CCN([C@H](C(=O)OC(C)(C)C)C(C)C)C1=O. The van der Waals surface area contributed by atoms with Crippen molar-refractivity contribution >= 4 is 11.9 Å². The second-order valence-corrected chi connectivity index (χ2v) is 6.38. The van der Waals surface area contributed by atoms with E-state index < -0.39 is 11.6 Å². The van der Waals surface area contributed by atoms with Crippen LogP contribution in [0.15, 0.2) is 0 Å². The van der Waals surface area contributed by atoms with Gasteiger partial charge in [0, 0.05) is 6.54 Å². The van der Waals surface area contributed by atoms with Crippen molar-refractivity contribution in [1.29, 1.82) is 0 Å². The average Bonchev–Trinajstić information content (AvgIpc) is 2.57. The van der Waals surface area contributed by atoms with Crippen molar-refractivity contribution in [3.8, 4) is 0 Å². The Bertz CT molecular complexity index is 347. The Morgan fingerprint density at radius 2 is 2.00 bits per heavy atom. The molecule has 1 aliphatic heterocycles. The van der Waals surface area contributed by atoms with Crippen LogP contribution >= 0.6 is 0 Å². The van der Waals surface area contributed by atoms with Gasteiger partial charge in [0.1, 0.15) is 11.6 Å². The predicted octanol–water partition coefficient (Wildman–Crippen LogP) is 1.17. The molecule has 0 aromatic carbocycles. The Morgan fingerprint density at radius 3 is 2.37 bits per heavy atom. The molecule has 0 spiro atoms. The summed E-state index contributed by atoms with van der Waals surface area (Å²) in [6.07, 6.45) is 0.737. The minimum Gasteiger partial charge on any atom is -0.458 e. The van der Waals surface area contributed by atoms with Crippen LogP contribution in [-0.2, 0) is 14.3 Å². The van der Waals surface area contributed by atoms with Crippen molar-refractivity contribution in [3.05, 3.63) is 0 Å². The molecule has 5 nitrogen and oxygen atoms in total. The van der Waals surface area contributed by atoms with Gasteiger partial charge in [0.15, 0.2) is 0 Å². The van der Waals surface area contributed by atoms with Gasteiger partial charge in [-0.1, -0.05) is 13.8 Å². The number of rotatable bonds is 4. The van der Waals surface area contributed by atoms with Crippen molar-refractivity contribution in [2.45, 2.75) is 58.7 Å². The van der Waals surface area contributed by atoms with Gasteiger partial charge in [0.05, 0.1) is 6.04 Å². The number of ether oxygens (including phenoxy) is 1. The normalized spacial score (nSPS) is 21.9. The molecular formula is C14H26N2O3. The molecule has 0 aromatic rings. The topological polar surface area (TPSA) is 58.6 Å². The van der Waals surface area contributed by atoms with Crippen LogP contribution in [0.5, 0.6) is 0 Å². The zero-order chi connectivity index (χ0) is 14.8. The molecule has 110 valence electrons. The molecule has 1 aliphatic rings. The van der Waals surface area contributed by atoms with E-state index in [1.165, 1.54) is 0 Å². The number of esters is 1. The molecule has 2 atom stereocenters. The minimum atomic E-state index is -0.532. The third-order valence-electron chi connectivity index (χ3n) is 3.20. The first-order valence-electron chi connectivity index (χ1n) is 6.88. The van der Waals surface area contributed by atoms with Gasteiger partial charge >= 0.3 is 5.97 Å². The molecule has 1 heterocycles. The fourth-order valence-corrected chi connectivity index (χ4v) is 2.37. The van der Waals surface area contributed by atoms with Crippen LogP contribution in [0.1, 0.15) is 41.0 Å². The van der Waals surface area contributed by atoms with Crippen LogP contribution < -0.4 is 5.32 Å². The molecule has 5 heteroatoms. The van der Waals surface area contributed by atoms with Gasteiger partial charge in [0.2, 0.25) is 5.91 Å². The van der Waals surface area contributed by atoms with Gasteiger partial charge in [-0.3, -0.25) is 4.79 Å². The van der Waals surface area contributed by atoms with E-state index in [2.05, 4.69) is 5.32 Å². The highest BCUT2D eigenvalue weighted by atomic mass is 16.6. The summed E-state index contributed by atoms with van der Waals surface area (Å²) in [5.41, 5.74) is -0.532. The maximum absolute atomic E-state index is 12.3. The Hall–Kier alpha value is -1.10. The van der Waals surface area contributed by atoms with E-state index >= 15 is 0 Å². The lowest BCUT2D eigenvalue weighted by atomic mass is 10.0. The summed E-state index contributed by atoms with van der Waals surface area (Å²) in [7, 11) is 1.77. The van der Waals surface area contributed by atoms with Gasteiger partial charge < -0.3 is 15.0 Å². The molecule has 19 heavy (non-hydrogen) atoms. The maximum Gasteiger partial charge on any atom is 0.329 e. The third kappa shape index (κ3) is 3.93. The van der Waals surface area contributed by atoms with Crippen LogP contribution in [0.2, 0.25) is 0 Å². The van der Waals surface area contributed by atoms with Crippen LogP contribution in [0, 0.1) is 5.92 Å². The first-order valence-corrected chi connectivity index (χ1v) is 6.88. The third-order valence-corrected chi connectivity index (χ3v) is 3.20. The molecule has 1 saturated heterocycles. The number of amides is 1. The number of hydrogen-bond donors (Lipinski definition) is 1. The Labute approximate surface area is 115 Å². The smallest absolute Gasteiger partial charge is 0.329 e. The lowest BCUT2D eigenvalue weighted by Gasteiger charge is -2.32. The fourth-order valence-electron chi connectivity index (χ4n) is 2.37. The van der Waals surface area contributed by atoms with Crippen LogP contribution in [0.4, 0.5) is 0 Å². The highest BCUT2D eigenvalue weighted by Crippen LogP contribution is 2.22. The van der Waals surface area contributed by atoms with E-state index in [0.717, 1.165) is 6.42 Å². The lowest BCUT2D eigenvalue weighted by molar-refractivity contribution is -0.165. The molecule has 0 radical (unpaired) electrons. The molecule has 0 bridgehead atoms. The van der Waals surface area contributed by atoms with Crippen molar-refractivity contribution in [3.63, 3.8) is 0 Å². The highest BCUT2D eigenvalue weighted by molar-refractivity contribution is 5.89. The second kappa shape index (κ2) is 5.90. The van der Waals surface area contributed by atoms with Crippen LogP contribution in [-0.4, -0.2) is 48.1 Å². The number of likely N-dealkylation sites (N-methyl/N-ethyl adjacent to an activating group) is 1. The van der Waals surface area contributed by atoms with Crippen molar-refractivity contribution in [2.75, 3.05) is 13.6 Å². The molecule has 1 fully saturated rings. The molecule has 1 rings (SSSR count). The molecule has 0 unspecified atom stereocenters. The molecule has 0 aromatic heterocycles. The number of nitrogens with zero attached hydrogens (tertiary/aromatic N) is 1. The standard InChI is InChI=1S/C14H26N2O3/c1-9(2)11(13(18)19-14(3,4)5)16-8-7-10(15-6)12(16)17/h9-11,15H,7-8H2,1-6H3/t10-,11+/m1/s1. The lowest BCUT2D eigenvalue weighted by Crippen LogP contribution is -2.50. The summed E-state index contributed by atoms with van der Waals surface area (Å²) in [5.74, 6) is -0.283. The van der Waals surface area contributed by atoms with Crippen molar-refractivity contribution in [1.82, 2.24) is 10.2 Å². The van der Waals surface area contributed by atoms with Gasteiger partial charge in [-0.05, 0) is 40.2 Å². The fraction of sp³-hybridized carbons (Fsp3) is 0.857.